The fourth-order valence-corrected chi connectivity index (χ4v) is 3.55. The van der Waals surface area contributed by atoms with Crippen LogP contribution in [0.2, 0.25) is 0 Å². The van der Waals surface area contributed by atoms with Gasteiger partial charge in [-0.15, -0.1) is 0 Å². The number of carbonyl (C=O) groups is 3. The van der Waals surface area contributed by atoms with E-state index < -0.39 is 23.3 Å². The summed E-state index contributed by atoms with van der Waals surface area (Å²) in [5, 5.41) is 5.39. The highest BCUT2D eigenvalue weighted by atomic mass is 19.1. The Kier molecular flexibility index (Phi) is 4.74. The summed E-state index contributed by atoms with van der Waals surface area (Å²) in [4.78, 5) is 38.0. The summed E-state index contributed by atoms with van der Waals surface area (Å²) in [6, 6.07) is 5.22. The quantitative estimate of drug-likeness (QED) is 0.818. The van der Waals surface area contributed by atoms with Crippen molar-refractivity contribution in [1.82, 2.24) is 15.5 Å². The first-order valence-electron chi connectivity index (χ1n) is 8.60. The molecule has 1 aromatic carbocycles. The topological polar surface area (TPSA) is 78.5 Å². The first-order valence-corrected chi connectivity index (χ1v) is 8.60. The molecule has 4 amide bonds. The molecule has 1 saturated heterocycles. The Morgan fingerprint density at radius 1 is 1.28 bits per heavy atom. The standard InChI is InChI=1S/C18H22FN3O3/c1-18(13-9-5-6-10-14(13)19)16(24)22(17(25)21-18)11-15(23)20-12-7-3-2-4-8-12/h5-6,9-10,12H,2-4,7-8,11H2,1H3,(H,20,23)(H,21,25). The van der Waals surface area contributed by atoms with Crippen LogP contribution >= 0.6 is 0 Å². The molecule has 7 heteroatoms. The highest BCUT2D eigenvalue weighted by molar-refractivity contribution is 6.09. The Morgan fingerprint density at radius 3 is 2.64 bits per heavy atom. The Morgan fingerprint density at radius 2 is 1.96 bits per heavy atom. The van der Waals surface area contributed by atoms with E-state index in [4.69, 9.17) is 0 Å². The number of hydrogen-bond donors (Lipinski definition) is 2. The van der Waals surface area contributed by atoms with Gasteiger partial charge in [0.25, 0.3) is 5.91 Å². The smallest absolute Gasteiger partial charge is 0.325 e. The lowest BCUT2D eigenvalue weighted by Crippen LogP contribution is -2.46. The predicted molar refractivity (Wildman–Crippen MR) is 89.0 cm³/mol. The first-order chi connectivity index (χ1) is 11.9. The molecule has 1 aliphatic carbocycles. The highest BCUT2D eigenvalue weighted by Gasteiger charge is 2.50. The summed E-state index contributed by atoms with van der Waals surface area (Å²) in [6.45, 7) is 1.09. The van der Waals surface area contributed by atoms with Crippen molar-refractivity contribution in [3.05, 3.63) is 35.6 Å². The van der Waals surface area contributed by atoms with Crippen molar-refractivity contribution in [2.75, 3.05) is 6.54 Å². The maximum atomic E-state index is 14.1. The summed E-state index contributed by atoms with van der Waals surface area (Å²) in [7, 11) is 0. The second-order valence-electron chi connectivity index (χ2n) is 6.83. The van der Waals surface area contributed by atoms with Gasteiger partial charge in [0.2, 0.25) is 5.91 Å². The summed E-state index contributed by atoms with van der Waals surface area (Å²) >= 11 is 0. The van der Waals surface area contributed by atoms with Crippen LogP contribution in [0.3, 0.4) is 0 Å². The molecule has 1 aliphatic heterocycles. The van der Waals surface area contributed by atoms with E-state index >= 15 is 0 Å². The highest BCUT2D eigenvalue weighted by Crippen LogP contribution is 2.30. The third-order valence-corrected chi connectivity index (χ3v) is 4.96. The van der Waals surface area contributed by atoms with Crippen LogP contribution in [0.1, 0.15) is 44.6 Å². The molecule has 2 N–H and O–H groups in total. The third kappa shape index (κ3) is 3.36. The molecule has 0 bridgehead atoms. The van der Waals surface area contributed by atoms with Gasteiger partial charge in [0, 0.05) is 11.6 Å². The van der Waals surface area contributed by atoms with Crippen molar-refractivity contribution in [3.63, 3.8) is 0 Å². The molecule has 1 unspecified atom stereocenters. The van der Waals surface area contributed by atoms with E-state index in [-0.39, 0.29) is 24.1 Å². The molecule has 6 nitrogen and oxygen atoms in total. The largest absolute Gasteiger partial charge is 0.352 e. The van der Waals surface area contributed by atoms with Gasteiger partial charge in [-0.05, 0) is 25.8 Å². The second kappa shape index (κ2) is 6.82. The molecule has 1 saturated carbocycles. The molecular formula is C18H22FN3O3. The van der Waals surface area contributed by atoms with Crippen molar-refractivity contribution in [2.24, 2.45) is 0 Å². The lowest BCUT2D eigenvalue weighted by Gasteiger charge is -2.24. The molecule has 0 radical (unpaired) electrons. The van der Waals surface area contributed by atoms with Crippen LogP contribution in [0.25, 0.3) is 0 Å². The van der Waals surface area contributed by atoms with Gasteiger partial charge in [-0.25, -0.2) is 9.18 Å². The number of nitrogens with one attached hydrogen (secondary N) is 2. The van der Waals surface area contributed by atoms with Crippen molar-refractivity contribution in [1.29, 1.82) is 0 Å². The molecule has 0 aromatic heterocycles. The average molecular weight is 347 g/mol. The van der Waals surface area contributed by atoms with E-state index in [9.17, 15) is 18.8 Å². The van der Waals surface area contributed by atoms with Gasteiger partial charge >= 0.3 is 6.03 Å². The fourth-order valence-electron chi connectivity index (χ4n) is 3.55. The van der Waals surface area contributed by atoms with Gasteiger partial charge in [0.05, 0.1) is 0 Å². The number of nitrogens with zero attached hydrogens (tertiary/aromatic N) is 1. The predicted octanol–water partition coefficient (Wildman–Crippen LogP) is 2.04. The van der Waals surface area contributed by atoms with E-state index in [1.54, 1.807) is 6.07 Å². The zero-order valence-electron chi connectivity index (χ0n) is 14.2. The maximum absolute atomic E-state index is 14.1. The fraction of sp³-hybridized carbons (Fsp3) is 0.500. The number of rotatable bonds is 4. The van der Waals surface area contributed by atoms with Crippen LogP contribution in [0.5, 0.6) is 0 Å². The number of hydrogen-bond acceptors (Lipinski definition) is 3. The van der Waals surface area contributed by atoms with Gasteiger partial charge in [0.15, 0.2) is 0 Å². The van der Waals surface area contributed by atoms with Gasteiger partial charge in [-0.3, -0.25) is 14.5 Å². The van der Waals surface area contributed by atoms with Gasteiger partial charge in [0.1, 0.15) is 17.9 Å². The molecular weight excluding hydrogens is 325 g/mol. The molecule has 0 spiro atoms. The molecule has 2 fully saturated rings. The number of urea groups is 1. The zero-order valence-corrected chi connectivity index (χ0v) is 14.2. The first kappa shape index (κ1) is 17.4. The van der Waals surface area contributed by atoms with Crippen LogP contribution in [0.4, 0.5) is 9.18 Å². The zero-order chi connectivity index (χ0) is 18.0. The summed E-state index contributed by atoms with van der Waals surface area (Å²) in [6.07, 6.45) is 5.14. The summed E-state index contributed by atoms with van der Waals surface area (Å²) < 4.78 is 14.1. The van der Waals surface area contributed by atoms with Crippen LogP contribution in [-0.4, -0.2) is 35.3 Å². The minimum atomic E-state index is -1.51. The van der Waals surface area contributed by atoms with Crippen LogP contribution in [0, 0.1) is 5.82 Å². The third-order valence-electron chi connectivity index (χ3n) is 4.96. The number of benzene rings is 1. The van der Waals surface area contributed by atoms with E-state index in [2.05, 4.69) is 10.6 Å². The Hall–Kier alpha value is -2.44. The summed E-state index contributed by atoms with van der Waals surface area (Å²) in [5.41, 5.74) is -1.42. The van der Waals surface area contributed by atoms with Gasteiger partial charge in [-0.2, -0.15) is 0 Å². The lowest BCUT2D eigenvalue weighted by atomic mass is 9.91. The molecule has 3 rings (SSSR count). The molecule has 1 aromatic rings. The number of carbonyl (C=O) groups excluding carboxylic acids is 3. The normalized spacial score (nSPS) is 24.3. The molecule has 1 heterocycles. The number of imide groups is 1. The second-order valence-corrected chi connectivity index (χ2v) is 6.83. The SMILES string of the molecule is CC1(c2ccccc2F)NC(=O)N(CC(=O)NC2CCCCC2)C1=O. The Labute approximate surface area is 145 Å². The van der Waals surface area contributed by atoms with Crippen LogP contribution in [-0.2, 0) is 15.1 Å². The van der Waals surface area contributed by atoms with Crippen molar-refractivity contribution < 1.29 is 18.8 Å². The van der Waals surface area contributed by atoms with Gasteiger partial charge in [-0.1, -0.05) is 37.5 Å². The lowest BCUT2D eigenvalue weighted by molar-refractivity contribution is -0.135. The average Bonchev–Trinajstić information content (AvgIpc) is 2.80. The minimum absolute atomic E-state index is 0.0866. The van der Waals surface area contributed by atoms with Crippen LogP contribution in [0.15, 0.2) is 24.3 Å². The van der Waals surface area contributed by atoms with E-state index in [1.165, 1.54) is 31.5 Å². The van der Waals surface area contributed by atoms with Crippen molar-refractivity contribution in [2.45, 2.75) is 50.6 Å². The van der Waals surface area contributed by atoms with Crippen molar-refractivity contribution in [3.8, 4) is 0 Å². The molecule has 1 atom stereocenters. The van der Waals surface area contributed by atoms with Crippen LogP contribution < -0.4 is 10.6 Å². The summed E-state index contributed by atoms with van der Waals surface area (Å²) in [5.74, 6) is -1.57. The molecule has 134 valence electrons. The van der Waals surface area contributed by atoms with Gasteiger partial charge < -0.3 is 10.6 Å². The Balaban J connectivity index is 1.71. The molecule has 2 aliphatic rings. The Bertz CT molecular complexity index is 703. The minimum Gasteiger partial charge on any atom is -0.352 e. The maximum Gasteiger partial charge on any atom is 0.325 e. The van der Waals surface area contributed by atoms with Crippen molar-refractivity contribution >= 4 is 17.8 Å². The van der Waals surface area contributed by atoms with E-state index in [0.717, 1.165) is 30.6 Å². The molecule has 25 heavy (non-hydrogen) atoms. The number of halogens is 1. The monoisotopic (exact) mass is 347 g/mol. The van der Waals surface area contributed by atoms with E-state index in [0.29, 0.717) is 0 Å². The van der Waals surface area contributed by atoms with E-state index in [1.807, 2.05) is 0 Å². The number of amides is 4.